The van der Waals surface area contributed by atoms with E-state index < -0.39 is 0 Å². The maximum Gasteiger partial charge on any atom is 0.323 e. The minimum Gasteiger partial charge on any atom is -0.461 e. The molecule has 5 rings (SSSR count). The summed E-state index contributed by atoms with van der Waals surface area (Å²) in [6, 6.07) is 7.70. The number of nitrogens with zero attached hydrogens (tertiary/aromatic N) is 3. The van der Waals surface area contributed by atoms with E-state index in [1.807, 2.05) is 13.0 Å². The van der Waals surface area contributed by atoms with Crippen LogP contribution in [-0.2, 0) is 27.4 Å². The van der Waals surface area contributed by atoms with Gasteiger partial charge in [0.2, 0.25) is 0 Å². The van der Waals surface area contributed by atoms with E-state index in [0.717, 1.165) is 66.8 Å². The molecular formula is C28H37N5O4. The zero-order valence-corrected chi connectivity index (χ0v) is 22.0. The lowest BCUT2D eigenvalue weighted by Gasteiger charge is -2.30. The summed E-state index contributed by atoms with van der Waals surface area (Å²) < 4.78 is 13.9. The van der Waals surface area contributed by atoms with Crippen LogP contribution in [0.15, 0.2) is 35.3 Å². The number of aromatic amines is 1. The van der Waals surface area contributed by atoms with Crippen LogP contribution < -0.4 is 10.9 Å². The minimum atomic E-state index is -0.381. The number of fused-ring (bicyclic) bond motifs is 1. The van der Waals surface area contributed by atoms with Crippen LogP contribution in [0.5, 0.6) is 0 Å². The van der Waals surface area contributed by atoms with Crippen molar-refractivity contribution in [2.45, 2.75) is 70.9 Å². The number of H-pyrrole nitrogens is 1. The molecule has 2 aliphatic rings. The molecule has 1 saturated heterocycles. The van der Waals surface area contributed by atoms with E-state index in [1.165, 1.54) is 0 Å². The molecule has 37 heavy (non-hydrogen) atoms. The Bertz CT molecular complexity index is 1310. The van der Waals surface area contributed by atoms with Crippen LogP contribution in [0.2, 0.25) is 0 Å². The predicted octanol–water partition coefficient (Wildman–Crippen LogP) is 2.99. The van der Waals surface area contributed by atoms with Gasteiger partial charge in [0.15, 0.2) is 0 Å². The van der Waals surface area contributed by atoms with E-state index >= 15 is 0 Å². The van der Waals surface area contributed by atoms with Crippen molar-refractivity contribution in [3.63, 3.8) is 0 Å². The Kier molecular flexibility index (Phi) is 7.73. The number of esters is 1. The van der Waals surface area contributed by atoms with Gasteiger partial charge in [-0.15, -0.1) is 0 Å². The average molecular weight is 508 g/mol. The number of likely N-dealkylation sites (N-methyl/N-ethyl adjacent to an activating group) is 1. The summed E-state index contributed by atoms with van der Waals surface area (Å²) in [7, 11) is 2.11. The normalized spacial score (nSPS) is 19.9. The smallest absolute Gasteiger partial charge is 0.323 e. The van der Waals surface area contributed by atoms with Crippen LogP contribution in [0.4, 0.5) is 0 Å². The molecule has 1 saturated carbocycles. The van der Waals surface area contributed by atoms with Gasteiger partial charge in [-0.3, -0.25) is 9.59 Å². The topological polar surface area (TPSA) is 101 Å². The Morgan fingerprint density at radius 2 is 2.11 bits per heavy atom. The number of ether oxygens (including phenoxy) is 2. The molecule has 2 N–H and O–H groups in total. The van der Waals surface area contributed by atoms with Gasteiger partial charge < -0.3 is 29.2 Å². The van der Waals surface area contributed by atoms with Crippen molar-refractivity contribution >= 4 is 17.0 Å². The lowest BCUT2D eigenvalue weighted by Crippen LogP contribution is -2.42. The van der Waals surface area contributed by atoms with Gasteiger partial charge in [0.1, 0.15) is 18.0 Å². The summed E-state index contributed by atoms with van der Waals surface area (Å²) in [6.45, 7) is 7.33. The molecule has 198 valence electrons. The van der Waals surface area contributed by atoms with Gasteiger partial charge in [-0.05, 0) is 70.3 Å². The number of aryl methyl sites for hydroxylation is 1. The molecule has 2 atom stereocenters. The van der Waals surface area contributed by atoms with Gasteiger partial charge in [0.25, 0.3) is 5.56 Å². The third kappa shape index (κ3) is 5.95. The molecule has 2 fully saturated rings. The Balaban J connectivity index is 1.38. The van der Waals surface area contributed by atoms with Crippen molar-refractivity contribution in [2.75, 3.05) is 26.7 Å². The fraction of sp³-hybridized carbons (Fsp3) is 0.536. The van der Waals surface area contributed by atoms with Gasteiger partial charge in [-0.1, -0.05) is 6.07 Å². The monoisotopic (exact) mass is 507 g/mol. The van der Waals surface area contributed by atoms with Gasteiger partial charge in [-0.2, -0.15) is 0 Å². The van der Waals surface area contributed by atoms with Gasteiger partial charge in [-0.25, -0.2) is 4.98 Å². The average Bonchev–Trinajstić information content (AvgIpc) is 3.52. The standard InChI is InChI=1S/C28H37N5O4/c1-18-12-21(15-30-27(18)34)26-31-24-13-20(14-29-19(2)28(35)37-22-6-4-5-7-22)8-9-25(24)33(26)17-23-16-32(3)10-11-36-23/h8-9,12-13,15,19,22-23,29H,4-7,10-11,14,16-17H2,1-3H3,(H,30,34)/t19-,23?/m0/s1. The number of pyridine rings is 1. The van der Waals surface area contributed by atoms with E-state index in [9.17, 15) is 9.59 Å². The molecule has 1 unspecified atom stereocenters. The molecule has 0 amide bonds. The largest absolute Gasteiger partial charge is 0.461 e. The number of morpholine rings is 1. The third-order valence-electron chi connectivity index (χ3n) is 7.44. The molecule has 3 aromatic rings. The number of hydrogen-bond donors (Lipinski definition) is 2. The first kappa shape index (κ1) is 25.6. The Hall–Kier alpha value is -3.01. The molecule has 9 heteroatoms. The zero-order valence-electron chi connectivity index (χ0n) is 22.0. The highest BCUT2D eigenvalue weighted by molar-refractivity contribution is 5.81. The highest BCUT2D eigenvalue weighted by Gasteiger charge is 2.24. The molecule has 0 radical (unpaired) electrons. The lowest BCUT2D eigenvalue weighted by atomic mass is 10.1. The zero-order chi connectivity index (χ0) is 25.9. The SMILES string of the molecule is Cc1cc(-c2nc3cc(CN[C@@H](C)C(=O)OC4CCCC4)ccc3n2CC2CN(C)CCO2)c[nH]c1=O. The number of carbonyl (C=O) groups excluding carboxylic acids is 1. The van der Waals surface area contributed by atoms with Crippen LogP contribution >= 0.6 is 0 Å². The summed E-state index contributed by atoms with van der Waals surface area (Å²) in [6.07, 6.45) is 6.05. The summed E-state index contributed by atoms with van der Waals surface area (Å²) in [5.74, 6) is 0.607. The quantitative estimate of drug-likeness (QED) is 0.452. The van der Waals surface area contributed by atoms with Crippen molar-refractivity contribution < 1.29 is 14.3 Å². The van der Waals surface area contributed by atoms with Crippen molar-refractivity contribution in [1.29, 1.82) is 0 Å². The molecule has 0 bridgehead atoms. The molecule has 1 aliphatic carbocycles. The van der Waals surface area contributed by atoms with Gasteiger partial charge in [0.05, 0.1) is 30.3 Å². The van der Waals surface area contributed by atoms with E-state index in [0.29, 0.717) is 25.3 Å². The molecular weight excluding hydrogens is 470 g/mol. The minimum absolute atomic E-state index is 0.0480. The Morgan fingerprint density at radius 3 is 2.86 bits per heavy atom. The fourth-order valence-corrected chi connectivity index (χ4v) is 5.22. The van der Waals surface area contributed by atoms with Crippen LogP contribution in [0.1, 0.15) is 43.7 Å². The second kappa shape index (κ2) is 11.2. The molecule has 0 spiro atoms. The summed E-state index contributed by atoms with van der Waals surface area (Å²) in [5, 5.41) is 3.30. The highest BCUT2D eigenvalue weighted by Crippen LogP contribution is 2.27. The van der Waals surface area contributed by atoms with E-state index in [2.05, 4.69) is 45.0 Å². The molecule has 3 heterocycles. The van der Waals surface area contributed by atoms with Crippen LogP contribution in [0, 0.1) is 6.92 Å². The first-order valence-corrected chi connectivity index (χ1v) is 13.3. The summed E-state index contributed by atoms with van der Waals surface area (Å²) in [5.41, 5.74) is 4.32. The van der Waals surface area contributed by atoms with Crippen molar-refractivity contribution in [1.82, 2.24) is 24.8 Å². The molecule has 1 aliphatic heterocycles. The predicted molar refractivity (Wildman–Crippen MR) is 142 cm³/mol. The van der Waals surface area contributed by atoms with Gasteiger partial charge in [0, 0.05) is 37.0 Å². The maximum absolute atomic E-state index is 12.5. The van der Waals surface area contributed by atoms with Crippen molar-refractivity contribution in [3.8, 4) is 11.4 Å². The third-order valence-corrected chi connectivity index (χ3v) is 7.44. The molecule has 9 nitrogen and oxygen atoms in total. The Labute approximate surface area is 217 Å². The van der Waals surface area contributed by atoms with Crippen molar-refractivity contribution in [2.24, 2.45) is 0 Å². The van der Waals surface area contributed by atoms with Crippen molar-refractivity contribution in [3.05, 3.63) is 51.9 Å². The lowest BCUT2D eigenvalue weighted by molar-refractivity contribution is -0.150. The molecule has 1 aromatic carbocycles. The van der Waals surface area contributed by atoms with Gasteiger partial charge >= 0.3 is 5.97 Å². The Morgan fingerprint density at radius 1 is 1.30 bits per heavy atom. The fourth-order valence-electron chi connectivity index (χ4n) is 5.22. The first-order valence-electron chi connectivity index (χ1n) is 13.3. The van der Waals surface area contributed by atoms with E-state index in [1.54, 1.807) is 13.1 Å². The van der Waals surface area contributed by atoms with Crippen LogP contribution in [0.3, 0.4) is 0 Å². The number of aromatic nitrogens is 3. The number of rotatable bonds is 8. The summed E-state index contributed by atoms with van der Waals surface area (Å²) in [4.78, 5) is 34.5. The molecule has 2 aromatic heterocycles. The maximum atomic E-state index is 12.5. The van der Waals surface area contributed by atoms with Crippen LogP contribution in [0.25, 0.3) is 22.4 Å². The highest BCUT2D eigenvalue weighted by atomic mass is 16.5. The summed E-state index contributed by atoms with van der Waals surface area (Å²) >= 11 is 0. The first-order chi connectivity index (χ1) is 17.9. The second-order valence-corrected chi connectivity index (χ2v) is 10.5. The second-order valence-electron chi connectivity index (χ2n) is 10.5. The van der Waals surface area contributed by atoms with E-state index in [4.69, 9.17) is 14.5 Å². The number of imidazole rings is 1. The van der Waals surface area contributed by atoms with Crippen LogP contribution in [-0.4, -0.2) is 70.4 Å². The number of nitrogens with one attached hydrogen (secondary N) is 2. The number of carbonyl (C=O) groups is 1. The number of benzene rings is 1. The number of hydrogen-bond acceptors (Lipinski definition) is 7. The van der Waals surface area contributed by atoms with E-state index in [-0.39, 0.29) is 29.8 Å².